The Balaban J connectivity index is 2.22. The third-order valence-corrected chi connectivity index (χ3v) is 2.70. The van der Waals surface area contributed by atoms with Crippen LogP contribution in [0.5, 0.6) is 0 Å². The molecule has 0 aliphatic heterocycles. The van der Waals surface area contributed by atoms with Crippen molar-refractivity contribution in [3.8, 4) is 0 Å². The Kier molecular flexibility index (Phi) is 2.44. The minimum Gasteiger partial charge on any atom is -0.299 e. The summed E-state index contributed by atoms with van der Waals surface area (Å²) in [5.41, 5.74) is 2.48. The number of nitrogens with zero attached hydrogens (tertiary/aromatic N) is 1. The summed E-state index contributed by atoms with van der Waals surface area (Å²) < 4.78 is 0. The van der Waals surface area contributed by atoms with E-state index < -0.39 is 0 Å². The smallest absolute Gasteiger partial charge is 0.136 e. The van der Waals surface area contributed by atoms with Gasteiger partial charge in [-0.3, -0.25) is 9.78 Å². The molecule has 0 saturated heterocycles. The lowest BCUT2D eigenvalue weighted by molar-refractivity contribution is -0.119. The van der Waals surface area contributed by atoms with Gasteiger partial charge in [-0.1, -0.05) is 6.08 Å². The summed E-state index contributed by atoms with van der Waals surface area (Å²) in [6.45, 7) is 1.66. The summed E-state index contributed by atoms with van der Waals surface area (Å²) in [5, 5.41) is 0. The number of pyridine rings is 1. The Bertz CT molecular complexity index is 367. The van der Waals surface area contributed by atoms with E-state index in [-0.39, 0.29) is 11.7 Å². The number of hydrogen-bond donors (Lipinski definition) is 0. The van der Waals surface area contributed by atoms with Crippen LogP contribution in [0.1, 0.15) is 25.3 Å². The largest absolute Gasteiger partial charge is 0.299 e. The molecule has 0 radical (unpaired) electrons. The zero-order valence-corrected chi connectivity index (χ0v) is 8.23. The van der Waals surface area contributed by atoms with Crippen LogP contribution in [-0.4, -0.2) is 10.8 Å². The Hall–Kier alpha value is -1.44. The first-order chi connectivity index (χ1) is 6.77. The first-order valence-electron chi connectivity index (χ1n) is 4.89. The molecule has 14 heavy (non-hydrogen) atoms. The third-order valence-electron chi connectivity index (χ3n) is 2.70. The SMILES string of the molecule is CC(=O)[C@H]1C=C(c2ccncc2)CC1. The molecule has 0 unspecified atom stereocenters. The van der Waals surface area contributed by atoms with Crippen molar-refractivity contribution < 1.29 is 4.79 Å². The van der Waals surface area contributed by atoms with Crippen molar-refractivity contribution in [2.24, 2.45) is 5.92 Å². The standard InChI is InChI=1S/C12H13NO/c1-9(14)11-2-3-12(8-11)10-4-6-13-7-5-10/h4-8,11H,2-3H2,1H3/t11-/m1/s1. The fourth-order valence-corrected chi connectivity index (χ4v) is 1.85. The van der Waals surface area contributed by atoms with Crippen LogP contribution in [0.2, 0.25) is 0 Å². The van der Waals surface area contributed by atoms with E-state index in [2.05, 4.69) is 11.1 Å². The summed E-state index contributed by atoms with van der Waals surface area (Å²) in [7, 11) is 0. The van der Waals surface area contributed by atoms with Crippen molar-refractivity contribution in [3.63, 3.8) is 0 Å². The van der Waals surface area contributed by atoms with Crippen LogP contribution < -0.4 is 0 Å². The van der Waals surface area contributed by atoms with E-state index in [0.29, 0.717) is 0 Å². The monoisotopic (exact) mass is 187 g/mol. The highest BCUT2D eigenvalue weighted by Crippen LogP contribution is 2.31. The number of Topliss-reactive ketones (excluding diaryl/α,β-unsaturated/α-hetero) is 1. The number of allylic oxidation sites excluding steroid dienone is 2. The summed E-state index contributed by atoms with van der Waals surface area (Å²) in [6, 6.07) is 3.99. The van der Waals surface area contributed by atoms with Gasteiger partial charge in [0.05, 0.1) is 0 Å². The van der Waals surface area contributed by atoms with Gasteiger partial charge in [0.15, 0.2) is 0 Å². The van der Waals surface area contributed by atoms with Gasteiger partial charge in [-0.15, -0.1) is 0 Å². The lowest BCUT2D eigenvalue weighted by atomic mass is 10.1. The average Bonchev–Trinajstić information content (AvgIpc) is 2.68. The number of aromatic nitrogens is 1. The molecule has 2 rings (SSSR count). The Labute approximate surface area is 83.7 Å². The van der Waals surface area contributed by atoms with Gasteiger partial charge in [-0.25, -0.2) is 0 Å². The summed E-state index contributed by atoms with van der Waals surface area (Å²) >= 11 is 0. The predicted molar refractivity (Wildman–Crippen MR) is 55.6 cm³/mol. The molecule has 1 heterocycles. The van der Waals surface area contributed by atoms with E-state index in [9.17, 15) is 4.79 Å². The Morgan fingerprint density at radius 3 is 2.71 bits per heavy atom. The number of carbonyl (C=O) groups is 1. The van der Waals surface area contributed by atoms with E-state index in [1.54, 1.807) is 19.3 Å². The van der Waals surface area contributed by atoms with Crippen molar-refractivity contribution in [2.75, 3.05) is 0 Å². The van der Waals surface area contributed by atoms with Gasteiger partial charge in [0.1, 0.15) is 5.78 Å². The molecule has 2 nitrogen and oxygen atoms in total. The van der Waals surface area contributed by atoms with Gasteiger partial charge in [0, 0.05) is 18.3 Å². The van der Waals surface area contributed by atoms with Crippen LogP contribution in [0.15, 0.2) is 30.6 Å². The van der Waals surface area contributed by atoms with Gasteiger partial charge in [0.2, 0.25) is 0 Å². The molecule has 72 valence electrons. The van der Waals surface area contributed by atoms with Gasteiger partial charge >= 0.3 is 0 Å². The fraction of sp³-hybridized carbons (Fsp3) is 0.333. The summed E-state index contributed by atoms with van der Waals surface area (Å²) in [5.74, 6) is 0.409. The summed E-state index contributed by atoms with van der Waals surface area (Å²) in [6.07, 6.45) is 7.65. The molecule has 1 aromatic heterocycles. The zero-order valence-electron chi connectivity index (χ0n) is 8.23. The molecule has 0 amide bonds. The van der Waals surface area contributed by atoms with Crippen LogP contribution in [0.25, 0.3) is 5.57 Å². The van der Waals surface area contributed by atoms with Crippen LogP contribution in [-0.2, 0) is 4.79 Å². The maximum Gasteiger partial charge on any atom is 0.136 e. The normalized spacial score (nSPS) is 20.6. The second-order valence-electron chi connectivity index (χ2n) is 3.68. The lowest BCUT2D eigenvalue weighted by Crippen LogP contribution is -2.03. The van der Waals surface area contributed by atoms with Crippen molar-refractivity contribution in [1.82, 2.24) is 4.98 Å². The summed E-state index contributed by atoms with van der Waals surface area (Å²) in [4.78, 5) is 15.1. The highest BCUT2D eigenvalue weighted by atomic mass is 16.1. The van der Waals surface area contributed by atoms with Crippen molar-refractivity contribution in [1.29, 1.82) is 0 Å². The van der Waals surface area contributed by atoms with Crippen molar-refractivity contribution in [3.05, 3.63) is 36.2 Å². The molecule has 0 bridgehead atoms. The number of hydrogen-bond acceptors (Lipinski definition) is 2. The second kappa shape index (κ2) is 3.74. The number of carbonyl (C=O) groups excluding carboxylic acids is 1. The number of ketones is 1. The highest BCUT2D eigenvalue weighted by Gasteiger charge is 2.19. The van der Waals surface area contributed by atoms with Gasteiger partial charge in [0.25, 0.3) is 0 Å². The Morgan fingerprint density at radius 2 is 2.14 bits per heavy atom. The van der Waals surface area contributed by atoms with Gasteiger partial charge in [-0.05, 0) is 43.0 Å². The molecular weight excluding hydrogens is 174 g/mol. The topological polar surface area (TPSA) is 30.0 Å². The molecule has 1 aromatic rings. The highest BCUT2D eigenvalue weighted by molar-refractivity contribution is 5.84. The van der Waals surface area contributed by atoms with Gasteiger partial charge < -0.3 is 0 Å². The first kappa shape index (κ1) is 9.13. The third kappa shape index (κ3) is 1.74. The molecule has 1 atom stereocenters. The fourth-order valence-electron chi connectivity index (χ4n) is 1.85. The van der Waals surface area contributed by atoms with Crippen LogP contribution in [0, 0.1) is 5.92 Å². The predicted octanol–water partition coefficient (Wildman–Crippen LogP) is 2.46. The average molecular weight is 187 g/mol. The molecule has 1 aliphatic carbocycles. The van der Waals surface area contributed by atoms with Gasteiger partial charge in [-0.2, -0.15) is 0 Å². The van der Waals surface area contributed by atoms with E-state index in [4.69, 9.17) is 0 Å². The molecule has 2 heteroatoms. The maximum absolute atomic E-state index is 11.2. The van der Waals surface area contributed by atoms with Crippen molar-refractivity contribution in [2.45, 2.75) is 19.8 Å². The molecule has 0 fully saturated rings. The first-order valence-corrected chi connectivity index (χ1v) is 4.89. The van der Waals surface area contributed by atoms with Crippen molar-refractivity contribution >= 4 is 11.4 Å². The van der Waals surface area contributed by atoms with E-state index in [1.165, 1.54) is 11.1 Å². The minimum atomic E-state index is 0.137. The lowest BCUT2D eigenvalue weighted by Gasteiger charge is -1.98. The van der Waals surface area contributed by atoms with E-state index >= 15 is 0 Å². The van der Waals surface area contributed by atoms with E-state index in [0.717, 1.165) is 12.8 Å². The molecular formula is C12H13NO. The molecule has 0 aromatic carbocycles. The quantitative estimate of drug-likeness (QED) is 0.711. The number of rotatable bonds is 2. The Morgan fingerprint density at radius 1 is 1.43 bits per heavy atom. The molecule has 0 spiro atoms. The van der Waals surface area contributed by atoms with Crippen LogP contribution in [0.4, 0.5) is 0 Å². The molecule has 0 saturated carbocycles. The zero-order chi connectivity index (χ0) is 9.97. The molecule has 0 N–H and O–H groups in total. The second-order valence-corrected chi connectivity index (χ2v) is 3.68. The van der Waals surface area contributed by atoms with Crippen LogP contribution >= 0.6 is 0 Å². The van der Waals surface area contributed by atoms with E-state index in [1.807, 2.05) is 12.1 Å². The maximum atomic E-state index is 11.2. The molecule has 1 aliphatic rings. The van der Waals surface area contributed by atoms with Crippen LogP contribution in [0.3, 0.4) is 0 Å². The minimum absolute atomic E-state index is 0.137.